The fraction of sp³-hybridized carbons (Fsp3) is 0.357. The van der Waals surface area contributed by atoms with Crippen LogP contribution in [-0.2, 0) is 38.8 Å². The van der Waals surface area contributed by atoms with Gasteiger partial charge in [0.25, 0.3) is 0 Å². The van der Waals surface area contributed by atoms with Crippen LogP contribution in [0, 0.1) is 0 Å². The van der Waals surface area contributed by atoms with Crippen LogP contribution < -0.4 is 4.90 Å². The molecule has 0 saturated carbocycles. The van der Waals surface area contributed by atoms with Crippen molar-refractivity contribution < 1.29 is 39.5 Å². The molecule has 1 aliphatic rings. The molecule has 13 nitrogen and oxygen atoms in total. The van der Waals surface area contributed by atoms with Crippen LogP contribution in [0.1, 0.15) is 29.7 Å². The molecule has 1 fully saturated rings. The van der Waals surface area contributed by atoms with Gasteiger partial charge >= 0.3 is 17.9 Å². The molecular formula is C28H32ClN5O8. The highest BCUT2D eigenvalue weighted by atomic mass is 35.5. The third kappa shape index (κ3) is 10.3. The maximum absolute atomic E-state index is 10.3. The maximum Gasteiger partial charge on any atom is 0.336 e. The number of anilines is 1. The lowest BCUT2D eigenvalue weighted by Gasteiger charge is -2.27. The lowest BCUT2D eigenvalue weighted by atomic mass is 9.96. The molecule has 0 aliphatic carbocycles. The SMILES string of the molecule is Clc1ccccc1CN(Cc1cnc(N2CCOCC2)nc1)Cc1ccccn1.O=C(O)CC(O)(CC(=O)O)C(=O)O. The fourth-order valence-corrected chi connectivity index (χ4v) is 4.28. The Morgan fingerprint density at radius 3 is 2.05 bits per heavy atom. The minimum atomic E-state index is -2.74. The van der Waals surface area contributed by atoms with Gasteiger partial charge in [0.05, 0.1) is 31.7 Å². The molecule has 224 valence electrons. The molecule has 2 aromatic heterocycles. The van der Waals surface area contributed by atoms with Crippen LogP contribution in [0.25, 0.3) is 0 Å². The second-order valence-electron chi connectivity index (χ2n) is 9.53. The van der Waals surface area contributed by atoms with Gasteiger partial charge in [-0.1, -0.05) is 35.9 Å². The van der Waals surface area contributed by atoms with Gasteiger partial charge in [-0.25, -0.2) is 14.8 Å². The largest absolute Gasteiger partial charge is 0.481 e. The molecule has 0 unspecified atom stereocenters. The monoisotopic (exact) mass is 601 g/mol. The Bertz CT molecular complexity index is 1310. The molecule has 0 amide bonds. The summed E-state index contributed by atoms with van der Waals surface area (Å²) < 4.78 is 5.40. The zero-order valence-corrected chi connectivity index (χ0v) is 23.4. The molecule has 1 aliphatic heterocycles. The number of nitrogens with zero attached hydrogens (tertiary/aromatic N) is 5. The number of rotatable bonds is 12. The third-order valence-electron chi connectivity index (χ3n) is 6.14. The second-order valence-corrected chi connectivity index (χ2v) is 9.93. The van der Waals surface area contributed by atoms with E-state index in [0.717, 1.165) is 67.2 Å². The minimum Gasteiger partial charge on any atom is -0.481 e. The first kappa shape index (κ1) is 32.3. The van der Waals surface area contributed by atoms with Crippen LogP contribution in [0.2, 0.25) is 5.02 Å². The summed E-state index contributed by atoms with van der Waals surface area (Å²) >= 11 is 6.40. The zero-order chi connectivity index (χ0) is 30.5. The van der Waals surface area contributed by atoms with Crippen LogP contribution in [0.15, 0.2) is 61.1 Å². The highest BCUT2D eigenvalue weighted by Gasteiger charge is 2.40. The summed E-state index contributed by atoms with van der Waals surface area (Å²) in [6.45, 7) is 5.26. The number of carbonyl (C=O) groups is 3. The molecule has 0 radical (unpaired) electrons. The van der Waals surface area contributed by atoms with Crippen molar-refractivity contribution in [3.63, 3.8) is 0 Å². The number of aromatic nitrogens is 3. The molecule has 3 heterocycles. The first-order valence-electron chi connectivity index (χ1n) is 12.9. The number of halogens is 1. The highest BCUT2D eigenvalue weighted by Crippen LogP contribution is 2.20. The quantitative estimate of drug-likeness (QED) is 0.237. The van der Waals surface area contributed by atoms with Gasteiger partial charge in [-0.05, 0) is 23.8 Å². The van der Waals surface area contributed by atoms with Crippen molar-refractivity contribution in [3.05, 3.63) is 82.9 Å². The summed E-state index contributed by atoms with van der Waals surface area (Å²) in [5, 5.41) is 34.6. The predicted molar refractivity (Wildman–Crippen MR) is 151 cm³/mol. The molecule has 4 N–H and O–H groups in total. The van der Waals surface area contributed by atoms with Crippen LogP contribution >= 0.6 is 11.6 Å². The van der Waals surface area contributed by atoms with Crippen LogP contribution in [-0.4, -0.2) is 90.1 Å². The average Bonchev–Trinajstić information content (AvgIpc) is 2.95. The first-order valence-corrected chi connectivity index (χ1v) is 13.3. The number of carboxylic acid groups (broad SMARTS) is 3. The normalized spacial score (nSPS) is 13.3. The van der Waals surface area contributed by atoms with E-state index in [2.05, 4.69) is 30.8 Å². The van der Waals surface area contributed by atoms with Gasteiger partial charge in [-0.2, -0.15) is 0 Å². The van der Waals surface area contributed by atoms with Crippen LogP contribution in [0.4, 0.5) is 5.95 Å². The minimum absolute atomic E-state index is 0.713. The molecule has 0 bridgehead atoms. The van der Waals surface area contributed by atoms with Crippen molar-refractivity contribution >= 4 is 35.5 Å². The summed E-state index contributed by atoms with van der Waals surface area (Å²) in [6.07, 6.45) is 3.36. The van der Waals surface area contributed by atoms with E-state index in [4.69, 9.17) is 36.8 Å². The Morgan fingerprint density at radius 2 is 1.50 bits per heavy atom. The number of aliphatic hydroxyl groups is 1. The summed E-state index contributed by atoms with van der Waals surface area (Å²) in [5.41, 5.74) is 0.434. The molecule has 42 heavy (non-hydrogen) atoms. The Kier molecular flexibility index (Phi) is 12.1. The molecule has 1 aromatic carbocycles. The Balaban J connectivity index is 0.000000316. The van der Waals surface area contributed by atoms with Crippen molar-refractivity contribution in [1.29, 1.82) is 0 Å². The highest BCUT2D eigenvalue weighted by molar-refractivity contribution is 6.31. The van der Waals surface area contributed by atoms with Crippen LogP contribution in [0.5, 0.6) is 0 Å². The standard InChI is InChI=1S/C22H24ClN5O.C6H8O7/c23-21-7-2-1-5-19(21)16-27(17-20-6-3-4-8-24-20)15-18-13-25-22(26-14-18)28-9-11-29-12-10-28;7-3(8)1-6(13,5(11)12)2-4(9)10/h1-8,13-14H,9-12,15-17H2;13H,1-2H2,(H,7,8)(H,9,10)(H,11,12). The predicted octanol–water partition coefficient (Wildman–Crippen LogP) is 2.32. The number of carboxylic acids is 3. The topological polar surface area (TPSA) is 187 Å². The summed E-state index contributed by atoms with van der Waals surface area (Å²) in [4.78, 5) is 48.6. The molecular weight excluding hydrogens is 570 g/mol. The van der Waals surface area contributed by atoms with Gasteiger partial charge in [0, 0.05) is 61.9 Å². The van der Waals surface area contributed by atoms with Crippen molar-refractivity contribution in [2.45, 2.75) is 38.1 Å². The van der Waals surface area contributed by atoms with Gasteiger partial charge < -0.3 is 30.1 Å². The molecule has 3 aromatic rings. The summed E-state index contributed by atoms with van der Waals surface area (Å²) in [7, 11) is 0. The Labute approximate surface area is 247 Å². The number of morpholine rings is 1. The molecule has 0 spiro atoms. The van der Waals surface area contributed by atoms with Crippen molar-refractivity contribution in [2.75, 3.05) is 31.2 Å². The number of hydrogen-bond acceptors (Lipinski definition) is 10. The van der Waals surface area contributed by atoms with E-state index in [9.17, 15) is 14.4 Å². The van der Waals surface area contributed by atoms with E-state index in [1.165, 1.54) is 0 Å². The number of benzene rings is 1. The van der Waals surface area contributed by atoms with Gasteiger partial charge in [-0.3, -0.25) is 19.5 Å². The molecule has 0 atom stereocenters. The number of hydrogen-bond donors (Lipinski definition) is 4. The maximum atomic E-state index is 10.3. The van der Waals surface area contributed by atoms with E-state index >= 15 is 0 Å². The molecule has 14 heteroatoms. The van der Waals surface area contributed by atoms with Crippen LogP contribution in [0.3, 0.4) is 0 Å². The van der Waals surface area contributed by atoms with Gasteiger partial charge in [-0.15, -0.1) is 0 Å². The first-order chi connectivity index (χ1) is 20.1. The summed E-state index contributed by atoms with van der Waals surface area (Å²) in [6, 6.07) is 13.9. The van der Waals surface area contributed by atoms with E-state index in [1.807, 2.05) is 55.0 Å². The lowest BCUT2D eigenvalue weighted by molar-refractivity contribution is -0.170. The van der Waals surface area contributed by atoms with E-state index in [1.54, 1.807) is 0 Å². The smallest absolute Gasteiger partial charge is 0.336 e. The van der Waals surface area contributed by atoms with Gasteiger partial charge in [0.15, 0.2) is 5.60 Å². The van der Waals surface area contributed by atoms with Crippen molar-refractivity contribution in [1.82, 2.24) is 19.9 Å². The van der Waals surface area contributed by atoms with E-state index in [0.29, 0.717) is 6.54 Å². The number of ether oxygens (including phenoxy) is 1. The van der Waals surface area contributed by atoms with Crippen molar-refractivity contribution in [2.24, 2.45) is 0 Å². The molecule has 4 rings (SSSR count). The average molecular weight is 602 g/mol. The third-order valence-corrected chi connectivity index (χ3v) is 6.51. The van der Waals surface area contributed by atoms with Crippen molar-refractivity contribution in [3.8, 4) is 0 Å². The van der Waals surface area contributed by atoms with E-state index < -0.39 is 36.4 Å². The fourth-order valence-electron chi connectivity index (χ4n) is 4.08. The number of aliphatic carboxylic acids is 3. The van der Waals surface area contributed by atoms with Gasteiger partial charge in [0.1, 0.15) is 0 Å². The van der Waals surface area contributed by atoms with E-state index in [-0.39, 0.29) is 0 Å². The number of pyridine rings is 1. The molecule has 1 saturated heterocycles. The second kappa shape index (κ2) is 15.7. The summed E-state index contributed by atoms with van der Waals surface area (Å²) in [5.74, 6) is -4.26. The Hall–Kier alpha value is -4.17. The lowest BCUT2D eigenvalue weighted by Crippen LogP contribution is -2.42. The Morgan fingerprint density at radius 1 is 0.881 bits per heavy atom. The zero-order valence-electron chi connectivity index (χ0n) is 22.7. The van der Waals surface area contributed by atoms with Gasteiger partial charge in [0.2, 0.25) is 5.95 Å².